The molecular weight excluding hydrogens is 319 g/mol. The maximum atomic E-state index is 11.6. The Morgan fingerprint density at radius 2 is 1.78 bits per heavy atom. The highest BCUT2D eigenvalue weighted by molar-refractivity contribution is 7.46. The molecule has 0 radical (unpaired) electrons. The molecule has 0 fully saturated rings. The van der Waals surface area contributed by atoms with E-state index in [9.17, 15) is 9.36 Å². The molecule has 0 aromatic rings. The Kier molecular flexibility index (Phi) is 10.7. The van der Waals surface area contributed by atoms with Crippen LogP contribution in [0.3, 0.4) is 0 Å². The zero-order valence-electron chi connectivity index (χ0n) is 14.5. The van der Waals surface area contributed by atoms with E-state index in [1.807, 2.05) is 0 Å². The van der Waals surface area contributed by atoms with E-state index in [1.165, 1.54) is 19.3 Å². The van der Waals surface area contributed by atoms with E-state index in [1.54, 1.807) is 13.8 Å². The van der Waals surface area contributed by atoms with E-state index >= 15 is 0 Å². The number of rotatable bonds is 13. The molecule has 6 nitrogen and oxygen atoms in total. The SMILES string of the molecule is C=CC(=O)OC(CC)(OP(=O)(O)O)C(C)CCCCCCCC. The van der Waals surface area contributed by atoms with Crippen LogP contribution in [0.15, 0.2) is 12.7 Å². The summed E-state index contributed by atoms with van der Waals surface area (Å²) >= 11 is 0. The van der Waals surface area contributed by atoms with Crippen LogP contribution in [0.2, 0.25) is 0 Å². The van der Waals surface area contributed by atoms with Crippen molar-refractivity contribution in [3.8, 4) is 0 Å². The second-order valence-electron chi connectivity index (χ2n) is 5.83. The van der Waals surface area contributed by atoms with Crippen molar-refractivity contribution in [2.45, 2.75) is 77.9 Å². The summed E-state index contributed by atoms with van der Waals surface area (Å²) in [7, 11) is -4.79. The molecule has 0 saturated carbocycles. The van der Waals surface area contributed by atoms with Crippen LogP contribution < -0.4 is 0 Å². The molecule has 2 atom stereocenters. The molecule has 0 heterocycles. The first-order valence-electron chi connectivity index (χ1n) is 8.32. The number of carbonyl (C=O) groups excluding carboxylic acids is 1. The van der Waals surface area contributed by atoms with Gasteiger partial charge in [0.15, 0.2) is 0 Å². The molecule has 0 aromatic heterocycles. The van der Waals surface area contributed by atoms with Gasteiger partial charge in [0.05, 0.1) is 0 Å². The van der Waals surface area contributed by atoms with Crippen LogP contribution in [0.5, 0.6) is 0 Å². The minimum Gasteiger partial charge on any atom is -0.429 e. The smallest absolute Gasteiger partial charge is 0.429 e. The lowest BCUT2D eigenvalue weighted by molar-refractivity contribution is -0.219. The van der Waals surface area contributed by atoms with Gasteiger partial charge in [0.2, 0.25) is 5.79 Å². The minimum atomic E-state index is -4.79. The summed E-state index contributed by atoms with van der Waals surface area (Å²) < 4.78 is 21.4. The molecule has 0 aliphatic heterocycles. The lowest BCUT2D eigenvalue weighted by Crippen LogP contribution is -2.42. The van der Waals surface area contributed by atoms with Gasteiger partial charge in [0.1, 0.15) is 0 Å². The Morgan fingerprint density at radius 3 is 2.26 bits per heavy atom. The predicted molar refractivity (Wildman–Crippen MR) is 89.6 cm³/mol. The van der Waals surface area contributed by atoms with Crippen LogP contribution >= 0.6 is 7.82 Å². The molecule has 23 heavy (non-hydrogen) atoms. The first-order valence-corrected chi connectivity index (χ1v) is 9.85. The van der Waals surface area contributed by atoms with Crippen LogP contribution in [0, 0.1) is 5.92 Å². The second-order valence-corrected chi connectivity index (χ2v) is 6.99. The summed E-state index contributed by atoms with van der Waals surface area (Å²) in [5, 5.41) is 0. The normalized spacial score (nSPS) is 15.7. The highest BCUT2D eigenvalue weighted by atomic mass is 31.2. The average Bonchev–Trinajstić information content (AvgIpc) is 2.48. The summed E-state index contributed by atoms with van der Waals surface area (Å²) in [6.07, 6.45) is 8.41. The van der Waals surface area contributed by atoms with Crippen molar-refractivity contribution >= 4 is 13.8 Å². The summed E-state index contributed by atoms with van der Waals surface area (Å²) in [5.74, 6) is -2.72. The topological polar surface area (TPSA) is 93.1 Å². The molecule has 0 spiro atoms. The summed E-state index contributed by atoms with van der Waals surface area (Å²) in [5.41, 5.74) is 0. The maximum Gasteiger partial charge on any atom is 0.472 e. The second kappa shape index (κ2) is 11.0. The fourth-order valence-corrected chi connectivity index (χ4v) is 3.31. The lowest BCUT2D eigenvalue weighted by atomic mass is 9.92. The van der Waals surface area contributed by atoms with Gasteiger partial charge in [0.25, 0.3) is 0 Å². The minimum absolute atomic E-state index is 0.148. The number of unbranched alkanes of at least 4 members (excludes halogenated alkanes) is 5. The van der Waals surface area contributed by atoms with Crippen LogP contribution in [-0.2, 0) is 18.6 Å². The highest BCUT2D eigenvalue weighted by Gasteiger charge is 2.44. The first kappa shape index (κ1) is 22.3. The molecular formula is C16H31O6P. The van der Waals surface area contributed by atoms with Gasteiger partial charge in [-0.15, -0.1) is 0 Å². The zero-order chi connectivity index (χ0) is 17.9. The Labute approximate surface area is 139 Å². The van der Waals surface area contributed by atoms with E-state index in [0.29, 0.717) is 6.42 Å². The lowest BCUT2D eigenvalue weighted by Gasteiger charge is -2.37. The van der Waals surface area contributed by atoms with Gasteiger partial charge in [-0.05, 0) is 6.42 Å². The van der Waals surface area contributed by atoms with E-state index in [4.69, 9.17) is 19.0 Å². The van der Waals surface area contributed by atoms with Crippen molar-refractivity contribution in [2.75, 3.05) is 0 Å². The standard InChI is InChI=1S/C16H31O6P/c1-5-8-9-10-11-12-13-14(4)16(7-3,21-15(17)6-2)22-23(18,19)20/h6,14H,2,5,7-13H2,1,3-4H3,(H2,18,19,20). The molecule has 7 heteroatoms. The molecule has 0 rings (SSSR count). The van der Waals surface area contributed by atoms with Crippen LogP contribution in [0.25, 0.3) is 0 Å². The molecule has 2 N–H and O–H groups in total. The highest BCUT2D eigenvalue weighted by Crippen LogP contribution is 2.47. The van der Waals surface area contributed by atoms with Crippen LogP contribution in [0.1, 0.15) is 72.1 Å². The number of hydrogen-bond donors (Lipinski definition) is 2. The molecule has 0 bridgehead atoms. The molecule has 0 aliphatic rings. The van der Waals surface area contributed by atoms with Crippen molar-refractivity contribution in [3.05, 3.63) is 12.7 Å². The molecule has 2 unspecified atom stereocenters. The summed E-state index contributed by atoms with van der Waals surface area (Å²) in [4.78, 5) is 29.9. The van der Waals surface area contributed by atoms with Crippen molar-refractivity contribution in [1.29, 1.82) is 0 Å². The van der Waals surface area contributed by atoms with Crippen molar-refractivity contribution < 1.29 is 28.4 Å². The largest absolute Gasteiger partial charge is 0.472 e. The Bertz CT molecular complexity index is 405. The molecule has 136 valence electrons. The quantitative estimate of drug-likeness (QED) is 0.169. The molecule has 0 amide bonds. The number of phosphoric acid groups is 1. The molecule has 0 aromatic carbocycles. The Balaban J connectivity index is 4.78. The molecule has 0 aliphatic carbocycles. The van der Waals surface area contributed by atoms with Crippen molar-refractivity contribution in [1.82, 2.24) is 0 Å². The van der Waals surface area contributed by atoms with E-state index in [2.05, 4.69) is 13.5 Å². The number of ether oxygens (including phenoxy) is 1. The number of phosphoric ester groups is 1. The van der Waals surface area contributed by atoms with E-state index in [0.717, 1.165) is 25.3 Å². The summed E-state index contributed by atoms with van der Waals surface area (Å²) in [6.45, 7) is 8.92. The maximum absolute atomic E-state index is 11.6. The number of esters is 1. The Morgan fingerprint density at radius 1 is 1.22 bits per heavy atom. The van der Waals surface area contributed by atoms with Gasteiger partial charge in [-0.25, -0.2) is 13.9 Å². The third-order valence-electron chi connectivity index (χ3n) is 3.95. The van der Waals surface area contributed by atoms with Gasteiger partial charge < -0.3 is 14.5 Å². The van der Waals surface area contributed by atoms with E-state index < -0.39 is 19.6 Å². The van der Waals surface area contributed by atoms with Gasteiger partial charge >= 0.3 is 13.8 Å². The molecule has 0 saturated heterocycles. The van der Waals surface area contributed by atoms with E-state index in [-0.39, 0.29) is 12.3 Å². The van der Waals surface area contributed by atoms with Gasteiger partial charge in [-0.2, -0.15) is 0 Å². The number of carbonyl (C=O) groups is 1. The van der Waals surface area contributed by atoms with Crippen LogP contribution in [-0.4, -0.2) is 21.5 Å². The number of hydrogen-bond acceptors (Lipinski definition) is 4. The van der Waals surface area contributed by atoms with Gasteiger partial charge in [-0.1, -0.05) is 65.9 Å². The van der Waals surface area contributed by atoms with Crippen LogP contribution in [0.4, 0.5) is 0 Å². The monoisotopic (exact) mass is 350 g/mol. The third-order valence-corrected chi connectivity index (χ3v) is 4.49. The zero-order valence-corrected chi connectivity index (χ0v) is 15.4. The average molecular weight is 350 g/mol. The fourth-order valence-electron chi connectivity index (χ4n) is 2.56. The van der Waals surface area contributed by atoms with Crippen molar-refractivity contribution in [2.24, 2.45) is 5.92 Å². The fraction of sp³-hybridized carbons (Fsp3) is 0.812. The summed E-state index contributed by atoms with van der Waals surface area (Å²) in [6, 6.07) is 0. The Hall–Kier alpha value is -0.680. The van der Waals surface area contributed by atoms with Gasteiger partial charge in [-0.3, -0.25) is 0 Å². The first-order chi connectivity index (χ1) is 10.7. The third kappa shape index (κ3) is 9.26. The van der Waals surface area contributed by atoms with Crippen molar-refractivity contribution in [3.63, 3.8) is 0 Å². The predicted octanol–water partition coefficient (Wildman–Crippen LogP) is 4.32. The van der Waals surface area contributed by atoms with Gasteiger partial charge in [0, 0.05) is 18.4 Å².